The van der Waals surface area contributed by atoms with Crippen LogP contribution in [0.5, 0.6) is 0 Å². The van der Waals surface area contributed by atoms with Gasteiger partial charge < -0.3 is 9.84 Å². The molecule has 0 spiro atoms. The molecule has 1 N–H and O–H groups in total. The first kappa shape index (κ1) is 12.4. The molecule has 0 aliphatic rings. The number of carbonyl (C=O) groups excluding carboxylic acids is 1. The van der Waals surface area contributed by atoms with Crippen LogP contribution < -0.4 is 5.32 Å². The SMILES string of the molecule is Cc1ccccc1NC(=O)c1cc(C(C)C)on1. The third-order valence-electron chi connectivity index (χ3n) is 2.72. The molecule has 0 atom stereocenters. The molecule has 1 aromatic carbocycles. The second-order valence-corrected chi connectivity index (χ2v) is 4.54. The van der Waals surface area contributed by atoms with Crippen LogP contribution in [0.15, 0.2) is 34.9 Å². The van der Waals surface area contributed by atoms with E-state index < -0.39 is 0 Å². The molecule has 0 radical (unpaired) electrons. The molecule has 94 valence electrons. The van der Waals surface area contributed by atoms with E-state index in [4.69, 9.17) is 4.52 Å². The van der Waals surface area contributed by atoms with E-state index >= 15 is 0 Å². The molecule has 0 unspecified atom stereocenters. The summed E-state index contributed by atoms with van der Waals surface area (Å²) < 4.78 is 5.10. The Morgan fingerprint density at radius 1 is 1.33 bits per heavy atom. The molecule has 18 heavy (non-hydrogen) atoms. The highest BCUT2D eigenvalue weighted by atomic mass is 16.5. The van der Waals surface area contributed by atoms with Crippen molar-refractivity contribution in [1.29, 1.82) is 0 Å². The molecule has 1 aromatic heterocycles. The largest absolute Gasteiger partial charge is 0.360 e. The van der Waals surface area contributed by atoms with Crippen molar-refractivity contribution in [1.82, 2.24) is 5.16 Å². The summed E-state index contributed by atoms with van der Waals surface area (Å²) in [5.41, 5.74) is 2.11. The number of nitrogens with zero attached hydrogens (tertiary/aromatic N) is 1. The molecule has 0 aliphatic carbocycles. The predicted octanol–water partition coefficient (Wildman–Crippen LogP) is 3.36. The molecular formula is C14H16N2O2. The van der Waals surface area contributed by atoms with Crippen LogP contribution in [0.2, 0.25) is 0 Å². The minimum absolute atomic E-state index is 0.220. The number of aromatic nitrogens is 1. The Hall–Kier alpha value is -2.10. The maximum absolute atomic E-state index is 12.0. The molecule has 2 rings (SSSR count). The van der Waals surface area contributed by atoms with Gasteiger partial charge in [-0.15, -0.1) is 0 Å². The van der Waals surface area contributed by atoms with Gasteiger partial charge in [0.2, 0.25) is 0 Å². The Morgan fingerprint density at radius 3 is 2.67 bits per heavy atom. The zero-order valence-electron chi connectivity index (χ0n) is 10.7. The summed E-state index contributed by atoms with van der Waals surface area (Å²) in [5.74, 6) is 0.683. The fraction of sp³-hybridized carbons (Fsp3) is 0.286. The lowest BCUT2D eigenvalue weighted by Crippen LogP contribution is -2.12. The van der Waals surface area contributed by atoms with Crippen molar-refractivity contribution in [2.24, 2.45) is 0 Å². The lowest BCUT2D eigenvalue weighted by molar-refractivity contribution is 0.101. The van der Waals surface area contributed by atoms with Gasteiger partial charge in [0.05, 0.1) is 0 Å². The minimum Gasteiger partial charge on any atom is -0.360 e. The lowest BCUT2D eigenvalue weighted by Gasteiger charge is -2.05. The Labute approximate surface area is 106 Å². The van der Waals surface area contributed by atoms with Crippen molar-refractivity contribution in [2.45, 2.75) is 26.7 Å². The van der Waals surface area contributed by atoms with Crippen molar-refractivity contribution in [3.05, 3.63) is 47.3 Å². The molecule has 0 aliphatic heterocycles. The molecule has 0 fully saturated rings. The van der Waals surface area contributed by atoms with E-state index in [0.717, 1.165) is 11.3 Å². The van der Waals surface area contributed by atoms with Gasteiger partial charge in [-0.1, -0.05) is 37.2 Å². The van der Waals surface area contributed by atoms with Gasteiger partial charge in [0.25, 0.3) is 5.91 Å². The van der Waals surface area contributed by atoms with Crippen LogP contribution in [-0.2, 0) is 0 Å². The molecule has 4 heteroatoms. The average Bonchev–Trinajstić information content (AvgIpc) is 2.81. The van der Waals surface area contributed by atoms with Crippen LogP contribution >= 0.6 is 0 Å². The van der Waals surface area contributed by atoms with Gasteiger partial charge in [0.15, 0.2) is 5.69 Å². The van der Waals surface area contributed by atoms with Crippen LogP contribution in [0.3, 0.4) is 0 Å². The van der Waals surface area contributed by atoms with E-state index in [1.807, 2.05) is 45.0 Å². The van der Waals surface area contributed by atoms with E-state index in [0.29, 0.717) is 11.5 Å². The van der Waals surface area contributed by atoms with Gasteiger partial charge in [-0.2, -0.15) is 0 Å². The first-order chi connectivity index (χ1) is 8.58. The monoisotopic (exact) mass is 244 g/mol. The molecule has 0 saturated heterocycles. The summed E-state index contributed by atoms with van der Waals surface area (Å²) in [6.45, 7) is 5.92. The number of para-hydroxylation sites is 1. The van der Waals surface area contributed by atoms with Crippen LogP contribution in [0.1, 0.15) is 41.6 Å². The fourth-order valence-electron chi connectivity index (χ4n) is 1.57. The van der Waals surface area contributed by atoms with E-state index in [1.165, 1.54) is 0 Å². The van der Waals surface area contributed by atoms with Crippen molar-refractivity contribution in [2.75, 3.05) is 5.32 Å². The van der Waals surface area contributed by atoms with Gasteiger partial charge in [-0.05, 0) is 18.6 Å². The number of nitrogens with one attached hydrogen (secondary N) is 1. The molecule has 0 saturated carbocycles. The Balaban J connectivity index is 2.15. The maximum atomic E-state index is 12.0. The summed E-state index contributed by atoms with van der Waals surface area (Å²) >= 11 is 0. The van der Waals surface area contributed by atoms with Crippen LogP contribution in [0.4, 0.5) is 5.69 Å². The number of hydrogen-bond acceptors (Lipinski definition) is 3. The third kappa shape index (κ3) is 2.59. The summed E-state index contributed by atoms with van der Waals surface area (Å²) in [6, 6.07) is 9.29. The highest BCUT2D eigenvalue weighted by Gasteiger charge is 2.14. The highest BCUT2D eigenvalue weighted by Crippen LogP contribution is 2.17. The zero-order chi connectivity index (χ0) is 13.1. The Morgan fingerprint density at radius 2 is 2.06 bits per heavy atom. The first-order valence-corrected chi connectivity index (χ1v) is 5.91. The number of rotatable bonds is 3. The number of benzene rings is 1. The lowest BCUT2D eigenvalue weighted by atomic mass is 10.1. The summed E-state index contributed by atoms with van der Waals surface area (Å²) in [4.78, 5) is 12.0. The maximum Gasteiger partial charge on any atom is 0.277 e. The normalized spacial score (nSPS) is 10.7. The van der Waals surface area contributed by atoms with Crippen LogP contribution in [-0.4, -0.2) is 11.1 Å². The molecule has 2 aromatic rings. The minimum atomic E-state index is -0.250. The summed E-state index contributed by atoms with van der Waals surface area (Å²) in [7, 11) is 0. The fourth-order valence-corrected chi connectivity index (χ4v) is 1.57. The smallest absolute Gasteiger partial charge is 0.277 e. The number of aryl methyl sites for hydroxylation is 1. The van der Waals surface area contributed by atoms with E-state index in [-0.39, 0.29) is 11.8 Å². The molecular weight excluding hydrogens is 228 g/mol. The van der Waals surface area contributed by atoms with Crippen molar-refractivity contribution in [3.8, 4) is 0 Å². The molecule has 4 nitrogen and oxygen atoms in total. The van der Waals surface area contributed by atoms with Crippen molar-refractivity contribution < 1.29 is 9.32 Å². The summed E-state index contributed by atoms with van der Waals surface area (Å²) in [5, 5.41) is 6.59. The second kappa shape index (κ2) is 5.04. The molecule has 0 bridgehead atoms. The standard InChI is InChI=1S/C14H16N2O2/c1-9(2)13-8-12(16-18-13)14(17)15-11-7-5-4-6-10(11)3/h4-9H,1-3H3,(H,15,17). The predicted molar refractivity (Wildman–Crippen MR) is 69.7 cm³/mol. The summed E-state index contributed by atoms with van der Waals surface area (Å²) in [6.07, 6.45) is 0. The first-order valence-electron chi connectivity index (χ1n) is 5.91. The van der Waals surface area contributed by atoms with Gasteiger partial charge in [-0.25, -0.2) is 0 Å². The number of anilines is 1. The number of amides is 1. The third-order valence-corrected chi connectivity index (χ3v) is 2.72. The van der Waals surface area contributed by atoms with Gasteiger partial charge >= 0.3 is 0 Å². The average molecular weight is 244 g/mol. The number of hydrogen-bond donors (Lipinski definition) is 1. The molecule has 1 amide bonds. The van der Waals surface area contributed by atoms with Gasteiger partial charge in [0, 0.05) is 17.7 Å². The van der Waals surface area contributed by atoms with E-state index in [9.17, 15) is 4.79 Å². The number of carbonyl (C=O) groups is 1. The Bertz CT molecular complexity index is 558. The van der Waals surface area contributed by atoms with Crippen molar-refractivity contribution >= 4 is 11.6 Å². The highest BCUT2D eigenvalue weighted by molar-refractivity contribution is 6.03. The quantitative estimate of drug-likeness (QED) is 0.900. The van der Waals surface area contributed by atoms with E-state index in [1.54, 1.807) is 6.07 Å². The zero-order valence-corrected chi connectivity index (χ0v) is 10.7. The topological polar surface area (TPSA) is 55.1 Å². The van der Waals surface area contributed by atoms with Crippen LogP contribution in [0, 0.1) is 6.92 Å². The van der Waals surface area contributed by atoms with E-state index in [2.05, 4.69) is 10.5 Å². The Kier molecular flexibility index (Phi) is 3.46. The van der Waals surface area contributed by atoms with Crippen molar-refractivity contribution in [3.63, 3.8) is 0 Å². The second-order valence-electron chi connectivity index (χ2n) is 4.54. The van der Waals surface area contributed by atoms with Crippen LogP contribution in [0.25, 0.3) is 0 Å². The van der Waals surface area contributed by atoms with Gasteiger partial charge in [-0.3, -0.25) is 4.79 Å². The van der Waals surface area contributed by atoms with Gasteiger partial charge in [0.1, 0.15) is 5.76 Å². The molecule has 1 heterocycles.